The lowest BCUT2D eigenvalue weighted by atomic mass is 10.4. The summed E-state index contributed by atoms with van der Waals surface area (Å²) in [4.78, 5) is 14.1. The van der Waals surface area contributed by atoms with Crippen molar-refractivity contribution in [1.29, 1.82) is 0 Å². The number of nitrogens with two attached hydrogens (primary N) is 1. The molecule has 0 radical (unpaired) electrons. The number of carbonyl (C=O) groups excluding carboxylic acids is 1. The molecule has 2 N–H and O–H groups in total. The second-order valence-corrected chi connectivity index (χ2v) is 2.45. The monoisotopic (exact) mass is 186 g/mol. The van der Waals surface area contributed by atoms with E-state index >= 15 is 0 Å². The molecule has 0 fully saturated rings. The number of aromatic nitrogens is 1. The smallest absolute Gasteiger partial charge is 0.404 e. The zero-order chi connectivity index (χ0) is 8.97. The number of hydrogen-bond acceptors (Lipinski definition) is 3. The molecule has 1 aromatic rings. The molecular weight excluding hydrogens is 180 g/mol. The zero-order valence-corrected chi connectivity index (χ0v) is 6.91. The summed E-state index contributed by atoms with van der Waals surface area (Å²) in [6.45, 7) is 0.0515. The molecule has 0 spiro atoms. The lowest BCUT2D eigenvalue weighted by Crippen LogP contribution is -2.13. The van der Waals surface area contributed by atoms with Gasteiger partial charge in [-0.3, -0.25) is 0 Å². The van der Waals surface area contributed by atoms with Gasteiger partial charge in [0.25, 0.3) is 0 Å². The van der Waals surface area contributed by atoms with Crippen LogP contribution >= 0.6 is 11.6 Å². The highest BCUT2D eigenvalue weighted by Crippen LogP contribution is 2.05. The molecule has 0 unspecified atom stereocenters. The Labute approximate surface area is 74.3 Å². The summed E-state index contributed by atoms with van der Waals surface area (Å²) in [6.07, 6.45) is -0.822. The Morgan fingerprint density at radius 2 is 2.42 bits per heavy atom. The maximum absolute atomic E-state index is 10.2. The van der Waals surface area contributed by atoms with Gasteiger partial charge in [-0.05, 0) is 12.1 Å². The van der Waals surface area contributed by atoms with Gasteiger partial charge in [0.05, 0.1) is 5.69 Å². The minimum Gasteiger partial charge on any atom is -0.443 e. The number of amides is 1. The Bertz CT molecular complexity index is 290. The van der Waals surface area contributed by atoms with E-state index in [2.05, 4.69) is 9.72 Å². The second kappa shape index (κ2) is 3.92. The van der Waals surface area contributed by atoms with E-state index in [1.165, 1.54) is 0 Å². The normalized spacial score (nSPS) is 9.42. The minimum atomic E-state index is -0.822. The van der Waals surface area contributed by atoms with E-state index in [0.29, 0.717) is 10.8 Å². The molecule has 4 nitrogen and oxygen atoms in total. The van der Waals surface area contributed by atoms with E-state index in [0.717, 1.165) is 0 Å². The molecule has 0 aliphatic rings. The van der Waals surface area contributed by atoms with E-state index in [1.54, 1.807) is 18.2 Å². The molecule has 0 saturated carbocycles. The Morgan fingerprint density at radius 3 is 3.00 bits per heavy atom. The third-order valence-electron chi connectivity index (χ3n) is 1.14. The van der Waals surface area contributed by atoms with Crippen LogP contribution < -0.4 is 5.73 Å². The first-order valence-corrected chi connectivity index (χ1v) is 3.60. The molecule has 0 saturated heterocycles. The van der Waals surface area contributed by atoms with Gasteiger partial charge in [0.1, 0.15) is 11.8 Å². The van der Waals surface area contributed by atoms with Crippen molar-refractivity contribution in [3.63, 3.8) is 0 Å². The highest BCUT2D eigenvalue weighted by atomic mass is 35.5. The lowest BCUT2D eigenvalue weighted by Gasteiger charge is -1.99. The molecule has 1 amide bonds. The topological polar surface area (TPSA) is 65.2 Å². The Balaban J connectivity index is 2.57. The first-order valence-electron chi connectivity index (χ1n) is 3.22. The number of hydrogen-bond donors (Lipinski definition) is 1. The number of nitrogens with zero attached hydrogens (tertiary/aromatic N) is 1. The predicted molar refractivity (Wildman–Crippen MR) is 43.6 cm³/mol. The first-order chi connectivity index (χ1) is 5.68. The molecular formula is C7H7ClN2O2. The van der Waals surface area contributed by atoms with Gasteiger partial charge in [-0.2, -0.15) is 0 Å². The highest BCUT2D eigenvalue weighted by Gasteiger charge is 1.98. The van der Waals surface area contributed by atoms with E-state index < -0.39 is 6.09 Å². The molecule has 0 atom stereocenters. The fraction of sp³-hybridized carbons (Fsp3) is 0.143. The van der Waals surface area contributed by atoms with Crippen LogP contribution in [0.5, 0.6) is 0 Å². The number of pyridine rings is 1. The second-order valence-electron chi connectivity index (χ2n) is 2.06. The average molecular weight is 187 g/mol. The van der Waals surface area contributed by atoms with Gasteiger partial charge in [0.15, 0.2) is 0 Å². The van der Waals surface area contributed by atoms with Crippen molar-refractivity contribution in [2.45, 2.75) is 6.61 Å². The third kappa shape index (κ3) is 2.75. The van der Waals surface area contributed by atoms with Crippen molar-refractivity contribution in [2.24, 2.45) is 5.73 Å². The number of primary amides is 1. The molecule has 1 aromatic heterocycles. The number of rotatable bonds is 2. The molecule has 5 heteroatoms. The highest BCUT2D eigenvalue weighted by molar-refractivity contribution is 6.29. The fourth-order valence-electron chi connectivity index (χ4n) is 0.676. The molecule has 0 aromatic carbocycles. The maximum atomic E-state index is 10.2. The number of carbonyl (C=O) groups is 1. The van der Waals surface area contributed by atoms with Crippen molar-refractivity contribution >= 4 is 17.7 Å². The van der Waals surface area contributed by atoms with E-state index in [4.69, 9.17) is 17.3 Å². The average Bonchev–Trinajstić information content (AvgIpc) is 2.01. The molecule has 64 valence electrons. The largest absolute Gasteiger partial charge is 0.443 e. The van der Waals surface area contributed by atoms with Crippen molar-refractivity contribution in [3.8, 4) is 0 Å². The summed E-state index contributed by atoms with van der Waals surface area (Å²) in [5, 5.41) is 0.362. The first kappa shape index (κ1) is 8.80. The third-order valence-corrected chi connectivity index (χ3v) is 1.35. The summed E-state index contributed by atoms with van der Waals surface area (Å²) in [5.74, 6) is 0. The standard InChI is InChI=1S/C7H7ClN2O2/c8-6-3-1-2-5(10-6)4-12-7(9)11/h1-3H,4H2,(H2,9,11). The van der Waals surface area contributed by atoms with E-state index in [-0.39, 0.29) is 6.61 Å². The van der Waals surface area contributed by atoms with Crippen molar-refractivity contribution in [1.82, 2.24) is 4.98 Å². The van der Waals surface area contributed by atoms with Crippen LogP contribution in [0.15, 0.2) is 18.2 Å². The fourth-order valence-corrected chi connectivity index (χ4v) is 0.857. The minimum absolute atomic E-state index is 0.0515. The van der Waals surface area contributed by atoms with Crippen LogP contribution in [-0.2, 0) is 11.3 Å². The molecule has 0 aliphatic heterocycles. The molecule has 1 heterocycles. The van der Waals surface area contributed by atoms with Crippen molar-refractivity contribution < 1.29 is 9.53 Å². The van der Waals surface area contributed by atoms with Crippen LogP contribution in [-0.4, -0.2) is 11.1 Å². The quantitative estimate of drug-likeness (QED) is 0.709. The van der Waals surface area contributed by atoms with Gasteiger partial charge in [0, 0.05) is 0 Å². The van der Waals surface area contributed by atoms with E-state index in [9.17, 15) is 4.79 Å². The van der Waals surface area contributed by atoms with Gasteiger partial charge in [0.2, 0.25) is 0 Å². The van der Waals surface area contributed by atoms with Gasteiger partial charge in [-0.1, -0.05) is 17.7 Å². The van der Waals surface area contributed by atoms with Crippen LogP contribution in [0.25, 0.3) is 0 Å². The van der Waals surface area contributed by atoms with Crippen LogP contribution in [0.2, 0.25) is 5.15 Å². The van der Waals surface area contributed by atoms with Crippen LogP contribution in [0.3, 0.4) is 0 Å². The van der Waals surface area contributed by atoms with Gasteiger partial charge in [-0.25, -0.2) is 9.78 Å². The van der Waals surface area contributed by atoms with Crippen LogP contribution in [0, 0.1) is 0 Å². The molecule has 12 heavy (non-hydrogen) atoms. The number of ether oxygens (including phenoxy) is 1. The van der Waals surface area contributed by atoms with Crippen molar-refractivity contribution in [3.05, 3.63) is 29.0 Å². The summed E-state index contributed by atoms with van der Waals surface area (Å²) in [5.41, 5.74) is 5.33. The van der Waals surface area contributed by atoms with Gasteiger partial charge >= 0.3 is 6.09 Å². The summed E-state index contributed by atoms with van der Waals surface area (Å²) in [6, 6.07) is 5.04. The van der Waals surface area contributed by atoms with Crippen LogP contribution in [0.4, 0.5) is 4.79 Å². The molecule has 0 aliphatic carbocycles. The predicted octanol–water partition coefficient (Wildman–Crippen LogP) is 1.33. The SMILES string of the molecule is NC(=O)OCc1cccc(Cl)n1. The summed E-state index contributed by atoms with van der Waals surface area (Å²) < 4.78 is 4.50. The van der Waals surface area contributed by atoms with Gasteiger partial charge in [-0.15, -0.1) is 0 Å². The maximum Gasteiger partial charge on any atom is 0.404 e. The Kier molecular flexibility index (Phi) is 2.88. The zero-order valence-electron chi connectivity index (χ0n) is 6.16. The van der Waals surface area contributed by atoms with Crippen LogP contribution in [0.1, 0.15) is 5.69 Å². The van der Waals surface area contributed by atoms with Gasteiger partial charge < -0.3 is 10.5 Å². The Hall–Kier alpha value is -1.29. The summed E-state index contributed by atoms with van der Waals surface area (Å²) >= 11 is 5.58. The van der Waals surface area contributed by atoms with Crippen molar-refractivity contribution in [2.75, 3.05) is 0 Å². The lowest BCUT2D eigenvalue weighted by molar-refractivity contribution is 0.149. The molecule has 0 bridgehead atoms. The number of halogens is 1. The summed E-state index contributed by atoms with van der Waals surface area (Å²) in [7, 11) is 0. The molecule has 1 rings (SSSR count). The van der Waals surface area contributed by atoms with E-state index in [1.807, 2.05) is 0 Å². The Morgan fingerprint density at radius 1 is 1.67 bits per heavy atom.